The van der Waals surface area contributed by atoms with E-state index >= 15 is 4.39 Å². The van der Waals surface area contributed by atoms with Crippen molar-refractivity contribution in [3.8, 4) is 11.3 Å². The van der Waals surface area contributed by atoms with Crippen molar-refractivity contribution in [2.45, 2.75) is 86.0 Å². The summed E-state index contributed by atoms with van der Waals surface area (Å²) in [5.41, 5.74) is -0.991. The van der Waals surface area contributed by atoms with Crippen LogP contribution in [-0.4, -0.2) is 74.3 Å². The first-order valence-corrected chi connectivity index (χ1v) is 16.4. The van der Waals surface area contributed by atoms with E-state index in [1.165, 1.54) is 4.90 Å². The zero-order valence-corrected chi connectivity index (χ0v) is 30.6. The minimum Gasteiger partial charge on any atom is -0.456 e. The van der Waals surface area contributed by atoms with E-state index in [-0.39, 0.29) is 41.8 Å². The summed E-state index contributed by atoms with van der Waals surface area (Å²) in [6.07, 6.45) is 0.249. The summed E-state index contributed by atoms with van der Waals surface area (Å²) in [5.74, 6) is 1.18. The van der Waals surface area contributed by atoms with E-state index in [1.54, 1.807) is 31.5 Å². The average molecular weight is 729 g/mol. The molecule has 3 rings (SSSR count). The van der Waals surface area contributed by atoms with Crippen molar-refractivity contribution in [1.29, 1.82) is 0 Å². The van der Waals surface area contributed by atoms with Gasteiger partial charge in [-0.2, -0.15) is 0 Å². The Labute approximate surface area is 301 Å². The smallest absolute Gasteiger partial charge is 0.408 e. The van der Waals surface area contributed by atoms with E-state index in [0.29, 0.717) is 0 Å². The van der Waals surface area contributed by atoms with Crippen LogP contribution in [0.15, 0.2) is 54.7 Å². The number of nitrogens with one attached hydrogen (secondary N) is 1. The van der Waals surface area contributed by atoms with E-state index in [1.807, 2.05) is 51.1 Å². The second-order valence-corrected chi connectivity index (χ2v) is 14.1. The molecule has 3 aromatic rings. The van der Waals surface area contributed by atoms with E-state index < -0.39 is 71.2 Å². The first-order chi connectivity index (χ1) is 24.2. The number of esters is 1. The first kappa shape index (κ1) is 41.0. The topological polar surface area (TPSA) is 175 Å². The number of alkyl carbamates (subject to hydrolysis) is 1. The number of hydroxylamine groups is 1. The molecule has 0 aliphatic rings. The Kier molecular flexibility index (Phi) is 13.6. The third-order valence-corrected chi connectivity index (χ3v) is 7.40. The summed E-state index contributed by atoms with van der Waals surface area (Å²) in [6, 6.07) is 9.76. The van der Waals surface area contributed by atoms with Gasteiger partial charge in [-0.1, -0.05) is 56.3 Å². The van der Waals surface area contributed by atoms with Gasteiger partial charge in [-0.15, -0.1) is 0 Å². The number of rotatable bonds is 12. The standard InChI is InChI=1S/C36H46F2N6O8/c1-22(45)50-21-30(47)43(17-16-28(33(48)44(39)52-23(2)46)41-34(49)51-36(6,7)8)31(35(3,4)5)32-40-29(26-18-25(37)14-15-27(26)38)20-42(32)19-24-12-10-9-11-13-24/h9-15,18,20,28,31H,16-17,19,21,39H2,1-8H3,(H,41,49)/t28-,31-/m0/s1. The van der Waals surface area contributed by atoms with E-state index in [2.05, 4.69) is 5.32 Å². The van der Waals surface area contributed by atoms with Crippen LogP contribution in [0.1, 0.15) is 79.2 Å². The molecule has 282 valence electrons. The van der Waals surface area contributed by atoms with Crippen molar-refractivity contribution in [2.75, 3.05) is 13.2 Å². The molecule has 0 spiro atoms. The number of halogens is 2. The number of aromatic nitrogens is 2. The molecule has 0 fully saturated rings. The van der Waals surface area contributed by atoms with Crippen molar-refractivity contribution in [1.82, 2.24) is 24.9 Å². The Morgan fingerprint density at radius 3 is 2.19 bits per heavy atom. The lowest BCUT2D eigenvalue weighted by Gasteiger charge is -2.40. The minimum absolute atomic E-state index is 0.0874. The molecule has 0 radical (unpaired) electrons. The molecule has 16 heteroatoms. The van der Waals surface area contributed by atoms with Gasteiger partial charge in [0.05, 0.1) is 11.7 Å². The van der Waals surface area contributed by atoms with Crippen LogP contribution in [0, 0.1) is 17.0 Å². The number of benzene rings is 2. The van der Waals surface area contributed by atoms with Gasteiger partial charge < -0.3 is 29.1 Å². The molecule has 0 bridgehead atoms. The molecule has 2 aromatic carbocycles. The number of nitrogens with zero attached hydrogens (tertiary/aromatic N) is 4. The highest BCUT2D eigenvalue weighted by Crippen LogP contribution is 2.40. The molecule has 0 unspecified atom stereocenters. The molecule has 3 N–H and O–H groups in total. The molecule has 52 heavy (non-hydrogen) atoms. The monoisotopic (exact) mass is 728 g/mol. The summed E-state index contributed by atoms with van der Waals surface area (Å²) in [6.45, 7) is 11.7. The Bertz CT molecular complexity index is 1750. The number of nitrogens with two attached hydrogens (primary N) is 1. The summed E-state index contributed by atoms with van der Waals surface area (Å²) >= 11 is 0. The van der Waals surface area contributed by atoms with Crippen molar-refractivity contribution in [3.63, 3.8) is 0 Å². The van der Waals surface area contributed by atoms with Gasteiger partial charge in [-0.25, -0.2) is 29.2 Å². The summed E-state index contributed by atoms with van der Waals surface area (Å²) < 4.78 is 41.6. The maximum atomic E-state index is 15.1. The SMILES string of the molecule is CC(=O)OCC(=O)N(CC[C@H](NC(=O)OC(C)(C)C)C(=O)N(N)OC(C)=O)[C@@H](c1nc(-c2cc(F)ccc2F)cn1Cc1ccccc1)C(C)(C)C. The molecule has 0 aliphatic heterocycles. The maximum Gasteiger partial charge on any atom is 0.408 e. The molecule has 14 nitrogen and oxygen atoms in total. The van der Waals surface area contributed by atoms with E-state index in [0.717, 1.165) is 37.6 Å². The van der Waals surface area contributed by atoms with Gasteiger partial charge in [-0.3, -0.25) is 14.4 Å². The molecular weight excluding hydrogens is 682 g/mol. The van der Waals surface area contributed by atoms with Gasteiger partial charge >= 0.3 is 18.0 Å². The number of hydrogen-bond acceptors (Lipinski definition) is 10. The number of hydrogen-bond donors (Lipinski definition) is 2. The van der Waals surface area contributed by atoms with Gasteiger partial charge in [0.2, 0.25) is 0 Å². The summed E-state index contributed by atoms with van der Waals surface area (Å²) in [5, 5.41) is 2.60. The number of ether oxygens (including phenoxy) is 2. The Morgan fingerprint density at radius 2 is 1.62 bits per heavy atom. The summed E-state index contributed by atoms with van der Waals surface area (Å²) in [7, 11) is 0. The molecule has 0 aliphatic carbocycles. The Hall–Kier alpha value is -5.38. The number of carbonyl (C=O) groups is 5. The van der Waals surface area contributed by atoms with Gasteiger partial charge in [0.1, 0.15) is 29.1 Å². The molecule has 2 atom stereocenters. The lowest BCUT2D eigenvalue weighted by atomic mass is 9.84. The van der Waals surface area contributed by atoms with Gasteiger partial charge in [-0.05, 0) is 56.4 Å². The quantitative estimate of drug-likeness (QED) is 0.114. The molecule has 1 heterocycles. The fourth-order valence-corrected chi connectivity index (χ4v) is 5.33. The lowest BCUT2D eigenvalue weighted by Crippen LogP contribution is -2.54. The van der Waals surface area contributed by atoms with Crippen LogP contribution in [0.4, 0.5) is 13.6 Å². The molecule has 3 amide bonds. The van der Waals surface area contributed by atoms with Crippen LogP contribution in [0.2, 0.25) is 0 Å². The van der Waals surface area contributed by atoms with Crippen molar-refractivity contribution in [3.05, 3.63) is 77.8 Å². The second-order valence-electron chi connectivity index (χ2n) is 14.1. The molecule has 0 saturated heterocycles. The van der Waals surface area contributed by atoms with Crippen molar-refractivity contribution in [2.24, 2.45) is 11.3 Å². The van der Waals surface area contributed by atoms with E-state index in [9.17, 15) is 28.4 Å². The predicted octanol–water partition coefficient (Wildman–Crippen LogP) is 4.82. The van der Waals surface area contributed by atoms with Crippen LogP contribution in [0.3, 0.4) is 0 Å². The zero-order valence-electron chi connectivity index (χ0n) is 30.6. The third-order valence-electron chi connectivity index (χ3n) is 7.40. The summed E-state index contributed by atoms with van der Waals surface area (Å²) in [4.78, 5) is 74.4. The van der Waals surface area contributed by atoms with Crippen molar-refractivity contribution < 1.29 is 47.1 Å². The number of amides is 3. The highest BCUT2D eigenvalue weighted by molar-refractivity contribution is 5.86. The fraction of sp³-hybridized carbons (Fsp3) is 0.444. The Balaban J connectivity index is 2.19. The minimum atomic E-state index is -1.50. The Morgan fingerprint density at radius 1 is 0.962 bits per heavy atom. The predicted molar refractivity (Wildman–Crippen MR) is 184 cm³/mol. The van der Waals surface area contributed by atoms with Crippen molar-refractivity contribution >= 4 is 29.8 Å². The van der Waals surface area contributed by atoms with Crippen LogP contribution in [0.25, 0.3) is 11.3 Å². The van der Waals surface area contributed by atoms with E-state index in [4.69, 9.17) is 25.1 Å². The number of hydrazine groups is 1. The largest absolute Gasteiger partial charge is 0.456 e. The van der Waals surface area contributed by atoms with Gasteiger partial charge in [0, 0.05) is 38.7 Å². The lowest BCUT2D eigenvalue weighted by molar-refractivity contribution is -0.199. The fourth-order valence-electron chi connectivity index (χ4n) is 5.33. The zero-order chi connectivity index (χ0) is 39.0. The van der Waals surface area contributed by atoms with Gasteiger partial charge in [0.15, 0.2) is 6.61 Å². The first-order valence-electron chi connectivity index (χ1n) is 16.4. The second kappa shape index (κ2) is 17.2. The van der Waals surface area contributed by atoms with Crippen LogP contribution >= 0.6 is 0 Å². The van der Waals surface area contributed by atoms with Gasteiger partial charge in [0.25, 0.3) is 11.8 Å². The number of imidazole rings is 1. The average Bonchev–Trinajstić information content (AvgIpc) is 3.42. The normalized spacial score (nSPS) is 12.7. The molecular formula is C36H46F2N6O8. The molecule has 0 saturated carbocycles. The maximum absolute atomic E-state index is 15.1. The van der Waals surface area contributed by atoms with Crippen LogP contribution in [0.5, 0.6) is 0 Å². The van der Waals surface area contributed by atoms with Crippen LogP contribution in [-0.2, 0) is 40.0 Å². The highest BCUT2D eigenvalue weighted by Gasteiger charge is 2.40. The van der Waals surface area contributed by atoms with Crippen LogP contribution < -0.4 is 11.2 Å². The number of carbonyl (C=O) groups excluding carboxylic acids is 5. The molecule has 1 aromatic heterocycles. The third kappa shape index (κ3) is 11.9. The highest BCUT2D eigenvalue weighted by atomic mass is 19.1.